The zero-order chi connectivity index (χ0) is 16.7. The fraction of sp³-hybridized carbons (Fsp3) is 0.611. The first kappa shape index (κ1) is 17.6. The van der Waals surface area contributed by atoms with E-state index in [-0.39, 0.29) is 11.9 Å². The van der Waals surface area contributed by atoms with Crippen molar-refractivity contribution in [2.45, 2.75) is 45.1 Å². The molecule has 0 bridgehead atoms. The fourth-order valence-corrected chi connectivity index (χ4v) is 3.14. The molecule has 1 aliphatic rings. The molecule has 1 heterocycles. The average Bonchev–Trinajstić information content (AvgIpc) is 2.53. The Morgan fingerprint density at radius 3 is 2.26 bits per heavy atom. The van der Waals surface area contributed by atoms with Gasteiger partial charge in [0.2, 0.25) is 0 Å². The Morgan fingerprint density at radius 2 is 1.65 bits per heavy atom. The number of methoxy groups -OCH3 is 2. The second kappa shape index (κ2) is 8.77. The van der Waals surface area contributed by atoms with Crippen LogP contribution in [0.2, 0.25) is 0 Å². The number of benzene rings is 1. The molecule has 0 aromatic heterocycles. The summed E-state index contributed by atoms with van der Waals surface area (Å²) < 4.78 is 10.5. The van der Waals surface area contributed by atoms with E-state index >= 15 is 0 Å². The van der Waals surface area contributed by atoms with Crippen molar-refractivity contribution >= 4 is 11.6 Å². The van der Waals surface area contributed by atoms with E-state index < -0.39 is 0 Å². The number of amides is 1. The number of quaternary nitrogens is 1. The van der Waals surface area contributed by atoms with Crippen LogP contribution >= 0.6 is 0 Å². The Morgan fingerprint density at radius 1 is 1.04 bits per heavy atom. The number of anilines is 1. The molecule has 0 aliphatic carbocycles. The standard InChI is InChI=1S/C18H28N2O3/c1-14(20-11-7-5-4-6-8-12-20)18(21)19-15-9-10-16(22-2)17(13-15)23-3/h9-10,13-14H,4-8,11-12H2,1-3H3,(H,19,21)/p+1/t14-/m1/s1. The summed E-state index contributed by atoms with van der Waals surface area (Å²) in [7, 11) is 3.19. The highest BCUT2D eigenvalue weighted by Gasteiger charge is 2.25. The lowest BCUT2D eigenvalue weighted by molar-refractivity contribution is -0.914. The summed E-state index contributed by atoms with van der Waals surface area (Å²) in [6.07, 6.45) is 6.33. The van der Waals surface area contributed by atoms with E-state index in [0.717, 1.165) is 18.8 Å². The molecule has 1 aliphatic heterocycles. The molecular weight excluding hydrogens is 292 g/mol. The van der Waals surface area contributed by atoms with Crippen LogP contribution in [0, 0.1) is 0 Å². The van der Waals surface area contributed by atoms with E-state index in [0.29, 0.717) is 11.5 Å². The molecule has 0 saturated carbocycles. The van der Waals surface area contributed by atoms with E-state index in [1.807, 2.05) is 19.1 Å². The van der Waals surface area contributed by atoms with Gasteiger partial charge in [-0.1, -0.05) is 6.42 Å². The molecule has 1 atom stereocenters. The van der Waals surface area contributed by atoms with E-state index in [2.05, 4.69) is 5.32 Å². The maximum absolute atomic E-state index is 12.6. The van der Waals surface area contributed by atoms with Crippen LogP contribution in [0.15, 0.2) is 18.2 Å². The first-order chi connectivity index (χ1) is 11.2. The van der Waals surface area contributed by atoms with Crippen molar-refractivity contribution < 1.29 is 19.2 Å². The highest BCUT2D eigenvalue weighted by Crippen LogP contribution is 2.29. The highest BCUT2D eigenvalue weighted by molar-refractivity contribution is 5.93. The molecule has 1 saturated heterocycles. The van der Waals surface area contributed by atoms with Gasteiger partial charge >= 0.3 is 0 Å². The minimum absolute atomic E-state index is 0.0406. The quantitative estimate of drug-likeness (QED) is 0.871. The van der Waals surface area contributed by atoms with Gasteiger partial charge in [-0.05, 0) is 44.7 Å². The van der Waals surface area contributed by atoms with Crippen LogP contribution in [0.5, 0.6) is 11.5 Å². The summed E-state index contributed by atoms with van der Waals surface area (Å²) in [5, 5.41) is 3.01. The van der Waals surface area contributed by atoms with Gasteiger partial charge in [0, 0.05) is 11.8 Å². The van der Waals surface area contributed by atoms with Gasteiger partial charge in [-0.15, -0.1) is 0 Å². The third kappa shape index (κ3) is 4.86. The van der Waals surface area contributed by atoms with Crippen molar-refractivity contribution in [3.8, 4) is 11.5 Å². The van der Waals surface area contributed by atoms with Gasteiger partial charge in [0.15, 0.2) is 17.5 Å². The number of rotatable bonds is 5. The minimum atomic E-state index is -0.0406. The molecule has 1 aromatic rings. The summed E-state index contributed by atoms with van der Waals surface area (Å²) >= 11 is 0. The number of hydrogen-bond acceptors (Lipinski definition) is 3. The second-order valence-corrected chi connectivity index (χ2v) is 6.21. The van der Waals surface area contributed by atoms with Gasteiger partial charge in [0.1, 0.15) is 0 Å². The van der Waals surface area contributed by atoms with E-state index in [1.54, 1.807) is 20.3 Å². The zero-order valence-electron chi connectivity index (χ0n) is 14.5. The molecule has 1 amide bonds. The maximum Gasteiger partial charge on any atom is 0.282 e. The first-order valence-electron chi connectivity index (χ1n) is 8.53. The Kier molecular flexibility index (Phi) is 6.71. The lowest BCUT2D eigenvalue weighted by Gasteiger charge is -2.27. The summed E-state index contributed by atoms with van der Waals surface area (Å²) in [5.74, 6) is 1.34. The topological polar surface area (TPSA) is 52.0 Å². The van der Waals surface area contributed by atoms with Crippen molar-refractivity contribution in [1.29, 1.82) is 0 Å². The predicted octanol–water partition coefficient (Wildman–Crippen LogP) is 1.88. The number of nitrogens with one attached hydrogen (secondary N) is 2. The van der Waals surface area contributed by atoms with Gasteiger partial charge in [-0.25, -0.2) is 0 Å². The summed E-state index contributed by atoms with van der Waals surface area (Å²) in [6, 6.07) is 5.41. The normalized spacial score (nSPS) is 17.7. The van der Waals surface area contributed by atoms with Crippen molar-refractivity contribution in [3.63, 3.8) is 0 Å². The number of likely N-dealkylation sites (tertiary alicyclic amines) is 1. The van der Waals surface area contributed by atoms with Crippen molar-refractivity contribution in [3.05, 3.63) is 18.2 Å². The van der Waals surface area contributed by atoms with E-state index in [1.165, 1.54) is 37.0 Å². The van der Waals surface area contributed by atoms with Gasteiger partial charge < -0.3 is 19.7 Å². The SMILES string of the molecule is COc1ccc(NC(=O)[C@@H](C)[NH+]2CCCCCCC2)cc1OC. The number of carbonyl (C=O) groups excluding carboxylic acids is 1. The second-order valence-electron chi connectivity index (χ2n) is 6.21. The first-order valence-corrected chi connectivity index (χ1v) is 8.53. The Hall–Kier alpha value is -1.75. The van der Waals surface area contributed by atoms with Gasteiger partial charge in [-0.3, -0.25) is 4.79 Å². The molecular formula is C18H29N2O3+. The predicted molar refractivity (Wildman–Crippen MR) is 91.4 cm³/mol. The van der Waals surface area contributed by atoms with Crippen LogP contribution in [-0.2, 0) is 4.79 Å². The average molecular weight is 321 g/mol. The molecule has 1 aromatic carbocycles. The molecule has 5 nitrogen and oxygen atoms in total. The zero-order valence-corrected chi connectivity index (χ0v) is 14.5. The fourth-order valence-electron chi connectivity index (χ4n) is 3.14. The molecule has 1 fully saturated rings. The van der Waals surface area contributed by atoms with Crippen LogP contribution in [0.3, 0.4) is 0 Å². The molecule has 5 heteroatoms. The summed E-state index contributed by atoms with van der Waals surface area (Å²) in [5.41, 5.74) is 0.742. The molecule has 2 rings (SSSR count). The maximum atomic E-state index is 12.6. The molecule has 128 valence electrons. The Labute approximate surface area is 139 Å². The van der Waals surface area contributed by atoms with Crippen LogP contribution < -0.4 is 19.7 Å². The lowest BCUT2D eigenvalue weighted by Crippen LogP contribution is -3.16. The molecule has 0 unspecified atom stereocenters. The van der Waals surface area contributed by atoms with Gasteiger partial charge in [0.25, 0.3) is 5.91 Å². The smallest absolute Gasteiger partial charge is 0.282 e. The van der Waals surface area contributed by atoms with Gasteiger partial charge in [-0.2, -0.15) is 0 Å². The monoisotopic (exact) mass is 321 g/mol. The van der Waals surface area contributed by atoms with Crippen LogP contribution in [0.4, 0.5) is 5.69 Å². The minimum Gasteiger partial charge on any atom is -0.493 e. The Balaban J connectivity index is 1.99. The number of hydrogen-bond donors (Lipinski definition) is 2. The molecule has 0 radical (unpaired) electrons. The Bertz CT molecular complexity index is 511. The van der Waals surface area contributed by atoms with E-state index in [4.69, 9.17) is 9.47 Å². The largest absolute Gasteiger partial charge is 0.493 e. The van der Waals surface area contributed by atoms with Crippen LogP contribution in [0.25, 0.3) is 0 Å². The summed E-state index contributed by atoms with van der Waals surface area (Å²) in [6.45, 7) is 4.19. The molecule has 0 spiro atoms. The van der Waals surface area contributed by atoms with Gasteiger partial charge in [0.05, 0.1) is 27.3 Å². The van der Waals surface area contributed by atoms with Crippen LogP contribution in [0.1, 0.15) is 39.0 Å². The lowest BCUT2D eigenvalue weighted by atomic mass is 10.1. The van der Waals surface area contributed by atoms with Crippen molar-refractivity contribution in [2.75, 3.05) is 32.6 Å². The number of carbonyl (C=O) groups is 1. The third-order valence-electron chi connectivity index (χ3n) is 4.65. The summed E-state index contributed by atoms with van der Waals surface area (Å²) in [4.78, 5) is 14.0. The van der Waals surface area contributed by atoms with Crippen LogP contribution in [-0.4, -0.2) is 39.3 Å². The van der Waals surface area contributed by atoms with Crippen molar-refractivity contribution in [1.82, 2.24) is 0 Å². The third-order valence-corrected chi connectivity index (χ3v) is 4.65. The molecule has 23 heavy (non-hydrogen) atoms. The highest BCUT2D eigenvalue weighted by atomic mass is 16.5. The molecule has 2 N–H and O–H groups in total. The van der Waals surface area contributed by atoms with E-state index in [9.17, 15) is 4.79 Å². The van der Waals surface area contributed by atoms with Crippen molar-refractivity contribution in [2.24, 2.45) is 0 Å². The number of ether oxygens (including phenoxy) is 2.